The number of ether oxygens (including phenoxy) is 1. The van der Waals surface area contributed by atoms with E-state index in [9.17, 15) is 4.79 Å². The first-order valence-electron chi connectivity index (χ1n) is 9.39. The molecule has 6 heteroatoms. The van der Waals surface area contributed by atoms with Gasteiger partial charge in [-0.15, -0.1) is 0 Å². The van der Waals surface area contributed by atoms with Gasteiger partial charge in [0, 0.05) is 30.0 Å². The Hall–Kier alpha value is -2.86. The van der Waals surface area contributed by atoms with E-state index in [2.05, 4.69) is 22.5 Å². The predicted molar refractivity (Wildman–Crippen MR) is 104 cm³/mol. The first-order valence-corrected chi connectivity index (χ1v) is 9.39. The van der Waals surface area contributed by atoms with Crippen molar-refractivity contribution >= 4 is 11.6 Å². The zero-order valence-corrected chi connectivity index (χ0v) is 15.4. The van der Waals surface area contributed by atoms with Gasteiger partial charge in [-0.1, -0.05) is 12.1 Å². The lowest BCUT2D eigenvalue weighted by Crippen LogP contribution is -2.51. The topological polar surface area (TPSA) is 67.7 Å². The van der Waals surface area contributed by atoms with Crippen molar-refractivity contribution in [2.45, 2.75) is 38.5 Å². The molecule has 2 aromatic heterocycles. The van der Waals surface area contributed by atoms with Gasteiger partial charge >= 0.3 is 0 Å². The van der Waals surface area contributed by atoms with Gasteiger partial charge in [-0.05, 0) is 56.6 Å². The third-order valence-electron chi connectivity index (χ3n) is 4.98. The van der Waals surface area contributed by atoms with Crippen molar-refractivity contribution in [2.75, 3.05) is 6.54 Å². The summed E-state index contributed by atoms with van der Waals surface area (Å²) in [7, 11) is 0. The lowest BCUT2D eigenvalue weighted by molar-refractivity contribution is 0.0919. The van der Waals surface area contributed by atoms with Crippen LogP contribution in [-0.2, 0) is 6.61 Å². The van der Waals surface area contributed by atoms with Crippen molar-refractivity contribution in [3.05, 3.63) is 66.1 Å². The van der Waals surface area contributed by atoms with E-state index >= 15 is 0 Å². The van der Waals surface area contributed by atoms with Gasteiger partial charge in [-0.25, -0.2) is 4.98 Å². The van der Waals surface area contributed by atoms with Gasteiger partial charge in [-0.2, -0.15) is 0 Å². The molecule has 2 unspecified atom stereocenters. The van der Waals surface area contributed by atoms with Crippen LogP contribution in [0.2, 0.25) is 0 Å². The van der Waals surface area contributed by atoms with Gasteiger partial charge < -0.3 is 19.8 Å². The van der Waals surface area contributed by atoms with Crippen LogP contribution >= 0.6 is 0 Å². The highest BCUT2D eigenvalue weighted by atomic mass is 16.5. The number of nitrogens with zero attached hydrogens (tertiary/aromatic N) is 2. The number of aromatic nitrogens is 2. The van der Waals surface area contributed by atoms with E-state index in [1.807, 2.05) is 53.2 Å². The molecule has 1 aliphatic heterocycles. The van der Waals surface area contributed by atoms with Gasteiger partial charge in [0.05, 0.1) is 5.69 Å². The summed E-state index contributed by atoms with van der Waals surface area (Å²) in [5.41, 5.74) is 2.35. The van der Waals surface area contributed by atoms with E-state index in [-0.39, 0.29) is 18.0 Å². The second-order valence-corrected chi connectivity index (χ2v) is 6.98. The number of carbonyl (C=O) groups is 1. The minimum Gasteiger partial charge on any atom is -0.487 e. The van der Waals surface area contributed by atoms with Crippen LogP contribution in [0.5, 0.6) is 5.75 Å². The third kappa shape index (κ3) is 4.11. The predicted octanol–water partition coefficient (Wildman–Crippen LogP) is 2.78. The lowest BCUT2D eigenvalue weighted by Gasteiger charge is -2.30. The minimum absolute atomic E-state index is 0.0614. The van der Waals surface area contributed by atoms with E-state index in [4.69, 9.17) is 4.74 Å². The minimum atomic E-state index is -0.0614. The average molecular weight is 364 g/mol. The van der Waals surface area contributed by atoms with Crippen molar-refractivity contribution < 1.29 is 9.53 Å². The van der Waals surface area contributed by atoms with Crippen LogP contribution in [0, 0.1) is 0 Å². The maximum absolute atomic E-state index is 12.6. The Morgan fingerprint density at radius 3 is 3.11 bits per heavy atom. The lowest BCUT2D eigenvalue weighted by atomic mass is 9.99. The van der Waals surface area contributed by atoms with Gasteiger partial charge in [-0.3, -0.25) is 4.79 Å². The van der Waals surface area contributed by atoms with Gasteiger partial charge in [0.25, 0.3) is 5.91 Å². The monoisotopic (exact) mass is 364 g/mol. The molecule has 1 fully saturated rings. The fourth-order valence-electron chi connectivity index (χ4n) is 3.43. The number of imidazole rings is 1. The summed E-state index contributed by atoms with van der Waals surface area (Å²) in [5, 5.41) is 6.53. The maximum atomic E-state index is 12.6. The van der Waals surface area contributed by atoms with Crippen molar-refractivity contribution in [3.8, 4) is 5.75 Å². The zero-order chi connectivity index (χ0) is 18.6. The molecule has 1 amide bonds. The molecule has 2 N–H and O–H groups in total. The normalized spacial score (nSPS) is 19.7. The highest BCUT2D eigenvalue weighted by molar-refractivity contribution is 5.94. The molecule has 27 heavy (non-hydrogen) atoms. The van der Waals surface area contributed by atoms with Crippen molar-refractivity contribution in [2.24, 2.45) is 0 Å². The second kappa shape index (κ2) is 7.80. The second-order valence-electron chi connectivity index (χ2n) is 6.98. The highest BCUT2D eigenvalue weighted by Gasteiger charge is 2.22. The summed E-state index contributed by atoms with van der Waals surface area (Å²) >= 11 is 0. The number of amides is 1. The van der Waals surface area contributed by atoms with Crippen LogP contribution in [0.15, 0.2) is 54.9 Å². The van der Waals surface area contributed by atoms with Gasteiger partial charge in [0.15, 0.2) is 0 Å². The Labute approximate surface area is 158 Å². The Bertz CT molecular complexity index is 904. The zero-order valence-electron chi connectivity index (χ0n) is 15.4. The number of nitrogens with one attached hydrogen (secondary N) is 2. The molecule has 1 aliphatic rings. The number of fused-ring (bicyclic) bond motifs is 1. The third-order valence-corrected chi connectivity index (χ3v) is 4.98. The molecule has 2 atom stereocenters. The molecule has 0 saturated carbocycles. The molecule has 3 aromatic rings. The first-order chi connectivity index (χ1) is 13.2. The molecule has 0 bridgehead atoms. The Balaban J connectivity index is 1.40. The number of pyridine rings is 1. The summed E-state index contributed by atoms with van der Waals surface area (Å²) < 4.78 is 7.82. The average Bonchev–Trinajstić information content (AvgIpc) is 3.11. The number of hydrogen-bond acceptors (Lipinski definition) is 4. The van der Waals surface area contributed by atoms with Crippen molar-refractivity contribution in [1.29, 1.82) is 0 Å². The number of hydrogen-bond donors (Lipinski definition) is 2. The molecule has 0 aliphatic carbocycles. The SMILES string of the molecule is CC1NCCCC1NC(=O)c1cccc(OCc2cn3ccccc3n2)c1. The Morgan fingerprint density at radius 1 is 1.33 bits per heavy atom. The summed E-state index contributed by atoms with van der Waals surface area (Å²) in [6, 6.07) is 13.6. The van der Waals surface area contributed by atoms with E-state index < -0.39 is 0 Å². The van der Waals surface area contributed by atoms with Crippen LogP contribution in [0.25, 0.3) is 5.65 Å². The molecule has 1 aromatic carbocycles. The number of benzene rings is 1. The quantitative estimate of drug-likeness (QED) is 0.731. The van der Waals surface area contributed by atoms with E-state index in [0.717, 1.165) is 30.7 Å². The van der Waals surface area contributed by atoms with E-state index in [1.165, 1.54) is 0 Å². The largest absolute Gasteiger partial charge is 0.487 e. The fourth-order valence-corrected chi connectivity index (χ4v) is 3.43. The Morgan fingerprint density at radius 2 is 2.26 bits per heavy atom. The summed E-state index contributed by atoms with van der Waals surface area (Å²) in [6.45, 7) is 3.48. The smallest absolute Gasteiger partial charge is 0.251 e. The number of piperidine rings is 1. The molecule has 140 valence electrons. The molecule has 4 rings (SSSR count). The van der Waals surface area contributed by atoms with Crippen molar-refractivity contribution in [1.82, 2.24) is 20.0 Å². The maximum Gasteiger partial charge on any atom is 0.251 e. The summed E-state index contributed by atoms with van der Waals surface area (Å²) in [4.78, 5) is 17.1. The summed E-state index contributed by atoms with van der Waals surface area (Å²) in [5.74, 6) is 0.600. The van der Waals surface area contributed by atoms with Crippen LogP contribution in [0.4, 0.5) is 0 Å². The van der Waals surface area contributed by atoms with Crippen molar-refractivity contribution in [3.63, 3.8) is 0 Å². The standard InChI is InChI=1S/C21H24N4O2/c1-15-19(8-5-10-22-15)24-21(26)16-6-4-7-18(12-16)27-14-17-13-25-11-3-2-9-20(25)23-17/h2-4,6-7,9,11-13,15,19,22H,5,8,10,14H2,1H3,(H,24,26). The molecule has 1 saturated heterocycles. The fraction of sp³-hybridized carbons (Fsp3) is 0.333. The molecular weight excluding hydrogens is 340 g/mol. The molecule has 0 spiro atoms. The molecule has 6 nitrogen and oxygen atoms in total. The van der Waals surface area contributed by atoms with Crippen LogP contribution in [0.3, 0.4) is 0 Å². The first kappa shape index (κ1) is 17.5. The van der Waals surface area contributed by atoms with Gasteiger partial charge in [0.2, 0.25) is 0 Å². The van der Waals surface area contributed by atoms with Crippen LogP contribution < -0.4 is 15.4 Å². The van der Waals surface area contributed by atoms with E-state index in [1.54, 1.807) is 6.07 Å². The number of carbonyl (C=O) groups excluding carboxylic acids is 1. The van der Waals surface area contributed by atoms with E-state index in [0.29, 0.717) is 17.9 Å². The molecular formula is C21H24N4O2. The number of rotatable bonds is 5. The summed E-state index contributed by atoms with van der Waals surface area (Å²) in [6.07, 6.45) is 5.99. The highest BCUT2D eigenvalue weighted by Crippen LogP contribution is 2.17. The molecule has 3 heterocycles. The van der Waals surface area contributed by atoms with Crippen LogP contribution in [0.1, 0.15) is 35.8 Å². The molecule has 0 radical (unpaired) electrons. The van der Waals surface area contributed by atoms with Gasteiger partial charge in [0.1, 0.15) is 18.0 Å². The Kier molecular flexibility index (Phi) is 5.07. The van der Waals surface area contributed by atoms with Crippen LogP contribution in [-0.4, -0.2) is 33.9 Å².